The summed E-state index contributed by atoms with van der Waals surface area (Å²) in [6.45, 7) is 4.68. The summed E-state index contributed by atoms with van der Waals surface area (Å²) >= 11 is 0. The highest BCUT2D eigenvalue weighted by Crippen LogP contribution is 2.23. The van der Waals surface area contributed by atoms with Crippen LogP contribution in [0.1, 0.15) is 24.2 Å². The molecule has 1 N–H and O–H groups in total. The van der Waals surface area contributed by atoms with E-state index in [0.717, 1.165) is 6.07 Å². The van der Waals surface area contributed by atoms with E-state index in [2.05, 4.69) is 0 Å². The summed E-state index contributed by atoms with van der Waals surface area (Å²) in [5.74, 6) is -3.20. The van der Waals surface area contributed by atoms with Crippen LogP contribution in [0.25, 0.3) is 0 Å². The first-order valence-corrected chi connectivity index (χ1v) is 4.98. The molecule has 0 saturated heterocycles. The molecule has 0 aromatic heterocycles. The summed E-state index contributed by atoms with van der Waals surface area (Å²) < 4.78 is 26.6. The number of rotatable bonds is 4. The molecule has 0 saturated carbocycles. The normalized spacial score (nSPS) is 10.2. The van der Waals surface area contributed by atoms with Crippen LogP contribution in [0.2, 0.25) is 0 Å². The van der Waals surface area contributed by atoms with Gasteiger partial charge in [-0.2, -0.15) is 0 Å². The molecule has 3 nitrogen and oxygen atoms in total. The van der Waals surface area contributed by atoms with Gasteiger partial charge in [0.1, 0.15) is 11.6 Å². The second-order valence-electron chi connectivity index (χ2n) is 3.26. The Bertz CT molecular complexity index is 403. The molecule has 0 heterocycles. The molecule has 1 rings (SSSR count). The van der Waals surface area contributed by atoms with E-state index >= 15 is 0 Å². The van der Waals surface area contributed by atoms with Gasteiger partial charge >= 0.3 is 5.97 Å². The van der Waals surface area contributed by atoms with Crippen molar-refractivity contribution in [3.05, 3.63) is 29.3 Å². The third-order valence-corrected chi connectivity index (χ3v) is 2.37. The van der Waals surface area contributed by atoms with E-state index in [0.29, 0.717) is 19.2 Å². The van der Waals surface area contributed by atoms with Gasteiger partial charge in [0.05, 0.1) is 11.3 Å². The average molecular weight is 229 g/mol. The van der Waals surface area contributed by atoms with E-state index in [-0.39, 0.29) is 5.69 Å². The Morgan fingerprint density at radius 1 is 1.25 bits per heavy atom. The van der Waals surface area contributed by atoms with Gasteiger partial charge < -0.3 is 10.0 Å². The van der Waals surface area contributed by atoms with Gasteiger partial charge in [0, 0.05) is 19.2 Å². The number of hydrogen-bond acceptors (Lipinski definition) is 2. The fourth-order valence-electron chi connectivity index (χ4n) is 1.51. The first kappa shape index (κ1) is 12.4. The molecular weight excluding hydrogens is 216 g/mol. The Kier molecular flexibility index (Phi) is 3.82. The molecule has 0 aliphatic carbocycles. The minimum absolute atomic E-state index is 0.115. The molecule has 0 spiro atoms. The molecule has 0 radical (unpaired) electrons. The number of aromatic carboxylic acids is 1. The SMILES string of the molecule is CCN(CC)c1cc(C(=O)O)c(F)cc1F. The highest BCUT2D eigenvalue weighted by atomic mass is 19.1. The van der Waals surface area contributed by atoms with Crippen molar-refractivity contribution in [2.45, 2.75) is 13.8 Å². The number of carboxylic acids is 1. The van der Waals surface area contributed by atoms with Crippen molar-refractivity contribution < 1.29 is 18.7 Å². The lowest BCUT2D eigenvalue weighted by Crippen LogP contribution is -2.23. The van der Waals surface area contributed by atoms with Crippen molar-refractivity contribution in [3.8, 4) is 0 Å². The Labute approximate surface area is 92.3 Å². The predicted molar refractivity (Wildman–Crippen MR) is 56.9 cm³/mol. The molecule has 0 fully saturated rings. The van der Waals surface area contributed by atoms with Crippen molar-refractivity contribution in [2.24, 2.45) is 0 Å². The minimum Gasteiger partial charge on any atom is -0.478 e. The van der Waals surface area contributed by atoms with Gasteiger partial charge in [0.2, 0.25) is 0 Å². The van der Waals surface area contributed by atoms with Gasteiger partial charge in [-0.3, -0.25) is 0 Å². The van der Waals surface area contributed by atoms with Gasteiger partial charge in [0.25, 0.3) is 0 Å². The van der Waals surface area contributed by atoms with Crippen molar-refractivity contribution in [2.75, 3.05) is 18.0 Å². The van der Waals surface area contributed by atoms with Crippen LogP contribution >= 0.6 is 0 Å². The Morgan fingerprint density at radius 2 is 1.81 bits per heavy atom. The number of carbonyl (C=O) groups is 1. The zero-order valence-corrected chi connectivity index (χ0v) is 9.13. The number of hydrogen-bond donors (Lipinski definition) is 1. The molecule has 0 aliphatic heterocycles. The quantitative estimate of drug-likeness (QED) is 0.862. The zero-order valence-electron chi connectivity index (χ0n) is 9.13. The summed E-state index contributed by atoms with van der Waals surface area (Å²) in [6, 6.07) is 1.64. The number of halogens is 2. The molecule has 0 unspecified atom stereocenters. The fraction of sp³-hybridized carbons (Fsp3) is 0.364. The van der Waals surface area contributed by atoms with Crippen molar-refractivity contribution in [1.82, 2.24) is 0 Å². The highest BCUT2D eigenvalue weighted by Gasteiger charge is 2.17. The van der Waals surface area contributed by atoms with Gasteiger partial charge in [-0.25, -0.2) is 13.6 Å². The van der Waals surface area contributed by atoms with Crippen LogP contribution in [0.4, 0.5) is 14.5 Å². The number of anilines is 1. The van der Waals surface area contributed by atoms with Crippen LogP contribution in [0.15, 0.2) is 12.1 Å². The molecule has 0 amide bonds. The third kappa shape index (κ3) is 2.29. The third-order valence-electron chi connectivity index (χ3n) is 2.37. The van der Waals surface area contributed by atoms with Gasteiger partial charge in [-0.05, 0) is 19.9 Å². The number of nitrogens with zero attached hydrogens (tertiary/aromatic N) is 1. The van der Waals surface area contributed by atoms with Gasteiger partial charge in [-0.15, -0.1) is 0 Å². The summed E-state index contributed by atoms with van der Waals surface area (Å²) in [6.07, 6.45) is 0. The van der Waals surface area contributed by atoms with E-state index in [1.165, 1.54) is 0 Å². The maximum absolute atomic E-state index is 13.4. The molecule has 1 aromatic carbocycles. The molecule has 0 aliphatic rings. The van der Waals surface area contributed by atoms with E-state index < -0.39 is 23.2 Å². The monoisotopic (exact) mass is 229 g/mol. The smallest absolute Gasteiger partial charge is 0.338 e. The van der Waals surface area contributed by atoms with Crippen LogP contribution in [-0.4, -0.2) is 24.2 Å². The van der Waals surface area contributed by atoms with Crippen LogP contribution < -0.4 is 4.90 Å². The second-order valence-corrected chi connectivity index (χ2v) is 3.26. The van der Waals surface area contributed by atoms with Gasteiger partial charge in [0.15, 0.2) is 0 Å². The van der Waals surface area contributed by atoms with E-state index in [9.17, 15) is 13.6 Å². The molecular formula is C11H13F2NO2. The number of benzene rings is 1. The maximum Gasteiger partial charge on any atom is 0.338 e. The predicted octanol–water partition coefficient (Wildman–Crippen LogP) is 2.51. The van der Waals surface area contributed by atoms with E-state index in [4.69, 9.17) is 5.11 Å². The maximum atomic E-state index is 13.4. The second kappa shape index (κ2) is 4.92. The summed E-state index contributed by atoms with van der Waals surface area (Å²) in [5, 5.41) is 8.73. The lowest BCUT2D eigenvalue weighted by Gasteiger charge is -2.22. The molecule has 16 heavy (non-hydrogen) atoms. The van der Waals surface area contributed by atoms with E-state index in [1.807, 2.05) is 13.8 Å². The molecule has 0 atom stereocenters. The zero-order chi connectivity index (χ0) is 12.3. The lowest BCUT2D eigenvalue weighted by atomic mass is 10.1. The largest absolute Gasteiger partial charge is 0.478 e. The number of carboxylic acid groups (broad SMARTS) is 1. The summed E-state index contributed by atoms with van der Waals surface area (Å²) in [4.78, 5) is 12.3. The molecule has 88 valence electrons. The van der Waals surface area contributed by atoms with Crippen LogP contribution in [0.5, 0.6) is 0 Å². The van der Waals surface area contributed by atoms with Crippen molar-refractivity contribution in [1.29, 1.82) is 0 Å². The Hall–Kier alpha value is -1.65. The molecule has 1 aromatic rings. The molecule has 0 bridgehead atoms. The standard InChI is InChI=1S/C11H13F2NO2/c1-3-14(4-2)10-5-7(11(15)16)8(12)6-9(10)13/h5-6H,3-4H2,1-2H3,(H,15,16). The fourth-order valence-corrected chi connectivity index (χ4v) is 1.51. The van der Waals surface area contributed by atoms with E-state index in [1.54, 1.807) is 4.90 Å². The first-order valence-electron chi connectivity index (χ1n) is 4.98. The van der Waals surface area contributed by atoms with Gasteiger partial charge in [-0.1, -0.05) is 0 Å². The lowest BCUT2D eigenvalue weighted by molar-refractivity contribution is 0.0692. The van der Waals surface area contributed by atoms with Crippen molar-refractivity contribution >= 4 is 11.7 Å². The minimum atomic E-state index is -1.40. The Morgan fingerprint density at radius 3 is 2.25 bits per heavy atom. The topological polar surface area (TPSA) is 40.5 Å². The molecule has 5 heteroatoms. The van der Waals surface area contributed by atoms with Crippen LogP contribution in [0.3, 0.4) is 0 Å². The van der Waals surface area contributed by atoms with Crippen molar-refractivity contribution in [3.63, 3.8) is 0 Å². The van der Waals surface area contributed by atoms with Crippen LogP contribution in [-0.2, 0) is 0 Å². The van der Waals surface area contributed by atoms with Crippen LogP contribution in [0, 0.1) is 11.6 Å². The first-order chi connectivity index (χ1) is 7.51. The summed E-state index contributed by atoms with van der Waals surface area (Å²) in [7, 11) is 0. The highest BCUT2D eigenvalue weighted by molar-refractivity contribution is 5.89. The summed E-state index contributed by atoms with van der Waals surface area (Å²) in [5.41, 5.74) is -0.396. The Balaban J connectivity index is 3.29. The average Bonchev–Trinajstić information content (AvgIpc) is 2.22.